The molecular formula is C18H30N2O9. The van der Waals surface area contributed by atoms with Gasteiger partial charge in [-0.15, -0.1) is 0 Å². The van der Waals surface area contributed by atoms with Gasteiger partial charge in [-0.3, -0.25) is 19.2 Å². The van der Waals surface area contributed by atoms with Crippen LogP contribution in [0.15, 0.2) is 0 Å². The minimum atomic E-state index is -1.61. The zero-order valence-electron chi connectivity index (χ0n) is 16.7. The molecule has 0 radical (unpaired) electrons. The quantitative estimate of drug-likeness (QED) is 0.303. The Morgan fingerprint density at radius 2 is 1.66 bits per heavy atom. The van der Waals surface area contributed by atoms with Gasteiger partial charge < -0.3 is 35.5 Å². The zero-order chi connectivity index (χ0) is 22.0. The molecule has 1 heterocycles. The van der Waals surface area contributed by atoms with Crippen LogP contribution in [-0.2, 0) is 33.4 Å². The topological polar surface area (TPSA) is 174 Å². The van der Waals surface area contributed by atoms with Crippen molar-refractivity contribution in [2.45, 2.75) is 83.0 Å². The van der Waals surface area contributed by atoms with E-state index < -0.39 is 61.0 Å². The summed E-state index contributed by atoms with van der Waals surface area (Å²) in [4.78, 5) is 46.2. The van der Waals surface area contributed by atoms with Crippen LogP contribution in [0.5, 0.6) is 0 Å². The van der Waals surface area contributed by atoms with E-state index >= 15 is 0 Å². The highest BCUT2D eigenvalue weighted by Gasteiger charge is 2.47. The van der Waals surface area contributed by atoms with Gasteiger partial charge in [-0.05, 0) is 12.8 Å². The van der Waals surface area contributed by atoms with Crippen molar-refractivity contribution in [2.75, 3.05) is 6.61 Å². The predicted octanol–water partition coefficient (Wildman–Crippen LogP) is -1.13. The second-order valence-electron chi connectivity index (χ2n) is 6.75. The fourth-order valence-corrected chi connectivity index (χ4v) is 2.74. The van der Waals surface area contributed by atoms with E-state index in [2.05, 4.69) is 5.32 Å². The highest BCUT2D eigenvalue weighted by Crippen LogP contribution is 2.24. The number of esters is 2. The number of aliphatic hydroxyl groups excluding tert-OH is 2. The van der Waals surface area contributed by atoms with Crippen molar-refractivity contribution >= 4 is 23.8 Å². The first-order valence-electron chi connectivity index (χ1n) is 9.63. The molecule has 1 aliphatic rings. The molecule has 0 saturated carbocycles. The van der Waals surface area contributed by atoms with Crippen LogP contribution in [0.2, 0.25) is 0 Å². The number of amides is 2. The van der Waals surface area contributed by atoms with Crippen LogP contribution in [0.4, 0.5) is 0 Å². The van der Waals surface area contributed by atoms with E-state index in [1.807, 2.05) is 0 Å². The van der Waals surface area contributed by atoms with Crippen molar-refractivity contribution in [1.82, 2.24) is 5.32 Å². The molecule has 0 aromatic rings. The van der Waals surface area contributed by atoms with Gasteiger partial charge in [0.05, 0.1) is 6.42 Å². The van der Waals surface area contributed by atoms with E-state index in [0.717, 1.165) is 0 Å². The van der Waals surface area contributed by atoms with Gasteiger partial charge in [0.25, 0.3) is 0 Å². The van der Waals surface area contributed by atoms with E-state index in [-0.39, 0.29) is 25.7 Å². The Balaban J connectivity index is 2.84. The third-order valence-electron chi connectivity index (χ3n) is 4.20. The lowest BCUT2D eigenvalue weighted by molar-refractivity contribution is -0.261. The Bertz CT molecular complexity index is 584. The molecule has 166 valence electrons. The van der Waals surface area contributed by atoms with Gasteiger partial charge in [0.1, 0.15) is 24.9 Å². The number of rotatable bonds is 11. The Labute approximate surface area is 168 Å². The number of ether oxygens (including phenoxy) is 3. The molecule has 0 aromatic heterocycles. The van der Waals surface area contributed by atoms with Gasteiger partial charge in [0.2, 0.25) is 11.8 Å². The summed E-state index contributed by atoms with van der Waals surface area (Å²) in [6.45, 7) is 3.12. The van der Waals surface area contributed by atoms with Gasteiger partial charge in [-0.25, -0.2) is 0 Å². The number of carbonyl (C=O) groups is 4. The van der Waals surface area contributed by atoms with Gasteiger partial charge >= 0.3 is 11.9 Å². The number of carbonyl (C=O) groups excluding carboxylic acids is 4. The summed E-state index contributed by atoms with van der Waals surface area (Å²) >= 11 is 0. The van der Waals surface area contributed by atoms with Crippen molar-refractivity contribution in [3.05, 3.63) is 0 Å². The summed E-state index contributed by atoms with van der Waals surface area (Å²) in [5.41, 5.74) is 4.97. The maximum Gasteiger partial charge on any atom is 0.306 e. The van der Waals surface area contributed by atoms with E-state index in [1.165, 1.54) is 0 Å². The van der Waals surface area contributed by atoms with E-state index in [0.29, 0.717) is 12.8 Å². The smallest absolute Gasteiger partial charge is 0.306 e. The predicted molar refractivity (Wildman–Crippen MR) is 97.9 cm³/mol. The van der Waals surface area contributed by atoms with Gasteiger partial charge in [0, 0.05) is 19.3 Å². The van der Waals surface area contributed by atoms with Gasteiger partial charge in [-0.2, -0.15) is 0 Å². The van der Waals surface area contributed by atoms with Crippen LogP contribution in [-0.4, -0.2) is 71.2 Å². The van der Waals surface area contributed by atoms with Crippen molar-refractivity contribution in [3.8, 4) is 0 Å². The molecule has 0 bridgehead atoms. The molecule has 11 nitrogen and oxygen atoms in total. The van der Waals surface area contributed by atoms with Crippen LogP contribution in [0.3, 0.4) is 0 Å². The molecule has 0 aromatic carbocycles. The third-order valence-corrected chi connectivity index (χ3v) is 4.20. The maximum absolute atomic E-state index is 11.9. The van der Waals surface area contributed by atoms with E-state index in [4.69, 9.17) is 19.9 Å². The molecule has 1 rings (SSSR count). The lowest BCUT2D eigenvalue weighted by Gasteiger charge is -2.42. The number of nitrogens with one attached hydrogen (secondary N) is 1. The Hall–Kier alpha value is -2.24. The molecule has 0 spiro atoms. The number of aliphatic hydroxyl groups is 2. The van der Waals surface area contributed by atoms with Gasteiger partial charge in [-0.1, -0.05) is 13.8 Å². The molecule has 1 fully saturated rings. The first-order chi connectivity index (χ1) is 13.7. The molecule has 5 N–H and O–H groups in total. The molecule has 0 aliphatic carbocycles. The molecule has 11 heteroatoms. The summed E-state index contributed by atoms with van der Waals surface area (Å²) < 4.78 is 15.6. The fourth-order valence-electron chi connectivity index (χ4n) is 2.74. The largest absolute Gasteiger partial charge is 0.463 e. The van der Waals surface area contributed by atoms with Crippen molar-refractivity contribution in [1.29, 1.82) is 0 Å². The standard InChI is InChI=1S/C18H30N2O9/c1-3-5-12(22)20-15-16(25)17(29-14(24)6-4-2)10(28-18(15)26)9-27-13(23)8-7-11(19)21/h10,15-18,25-26H,3-9H2,1-2H3,(H2,19,21)(H,20,22)/t10-,15-,16-,17-,18?/m1/s1. The molecule has 1 aliphatic heterocycles. The summed E-state index contributed by atoms with van der Waals surface area (Å²) in [6.07, 6.45) is -4.67. The fraction of sp³-hybridized carbons (Fsp3) is 0.778. The summed E-state index contributed by atoms with van der Waals surface area (Å²) in [7, 11) is 0. The summed E-state index contributed by atoms with van der Waals surface area (Å²) in [5, 5.41) is 23.3. The molecule has 1 saturated heterocycles. The number of hydrogen-bond acceptors (Lipinski definition) is 9. The van der Waals surface area contributed by atoms with Crippen molar-refractivity contribution in [2.24, 2.45) is 5.73 Å². The minimum absolute atomic E-state index is 0.0871. The molecule has 2 amide bonds. The van der Waals surface area contributed by atoms with E-state index in [9.17, 15) is 29.4 Å². The van der Waals surface area contributed by atoms with Crippen LogP contribution >= 0.6 is 0 Å². The maximum atomic E-state index is 11.9. The highest BCUT2D eigenvalue weighted by molar-refractivity contribution is 5.80. The molecule has 29 heavy (non-hydrogen) atoms. The summed E-state index contributed by atoms with van der Waals surface area (Å²) in [5.74, 6) is -2.43. The van der Waals surface area contributed by atoms with Crippen LogP contribution in [0.25, 0.3) is 0 Å². The molecule has 5 atom stereocenters. The second-order valence-corrected chi connectivity index (χ2v) is 6.75. The Morgan fingerprint density at radius 3 is 2.24 bits per heavy atom. The molecule has 1 unspecified atom stereocenters. The average Bonchev–Trinajstić information content (AvgIpc) is 2.64. The monoisotopic (exact) mass is 418 g/mol. The summed E-state index contributed by atoms with van der Waals surface area (Å²) in [6, 6.07) is -1.23. The minimum Gasteiger partial charge on any atom is -0.463 e. The van der Waals surface area contributed by atoms with Crippen LogP contribution in [0.1, 0.15) is 52.4 Å². The third kappa shape index (κ3) is 8.34. The van der Waals surface area contributed by atoms with Crippen molar-refractivity contribution < 1.29 is 43.6 Å². The first kappa shape index (κ1) is 24.8. The van der Waals surface area contributed by atoms with Crippen LogP contribution in [0, 0.1) is 0 Å². The second kappa shape index (κ2) is 12.3. The lowest BCUT2D eigenvalue weighted by Crippen LogP contribution is -2.65. The number of hydrogen-bond donors (Lipinski definition) is 4. The SMILES string of the molecule is CCCC(=O)N[C@H]1C(O)O[C@H](COC(=O)CCC(N)=O)[C@@H](OC(=O)CCC)[C@@H]1O. The van der Waals surface area contributed by atoms with Gasteiger partial charge in [0.15, 0.2) is 12.4 Å². The average molecular weight is 418 g/mol. The number of nitrogens with two attached hydrogens (primary N) is 1. The Kier molecular flexibility index (Phi) is 10.6. The Morgan fingerprint density at radius 1 is 1.00 bits per heavy atom. The molecular weight excluding hydrogens is 388 g/mol. The normalized spacial score (nSPS) is 26.4. The number of primary amides is 1. The lowest BCUT2D eigenvalue weighted by atomic mass is 9.96. The highest BCUT2D eigenvalue weighted by atomic mass is 16.7. The van der Waals surface area contributed by atoms with E-state index in [1.54, 1.807) is 13.8 Å². The zero-order valence-corrected chi connectivity index (χ0v) is 16.7. The van der Waals surface area contributed by atoms with Crippen molar-refractivity contribution in [3.63, 3.8) is 0 Å². The first-order valence-corrected chi connectivity index (χ1v) is 9.63. The van der Waals surface area contributed by atoms with Crippen LogP contribution < -0.4 is 11.1 Å².